The van der Waals surface area contributed by atoms with Crippen molar-refractivity contribution in [3.05, 3.63) is 51.1 Å². The van der Waals surface area contributed by atoms with E-state index in [1.54, 1.807) is 0 Å². The van der Waals surface area contributed by atoms with Gasteiger partial charge in [0.05, 0.1) is 0 Å². The van der Waals surface area contributed by atoms with Gasteiger partial charge in [0.1, 0.15) is 0 Å². The fraction of sp³-hybridized carbons (Fsp3) is 0.143. The van der Waals surface area contributed by atoms with Gasteiger partial charge in [-0.1, -0.05) is 12.1 Å². The lowest BCUT2D eigenvalue weighted by Crippen LogP contribution is -1.96. The van der Waals surface area contributed by atoms with E-state index in [1.165, 1.54) is 9.13 Å². The number of benzene rings is 2. The molecule has 88 valence electrons. The average Bonchev–Trinajstić information content (AvgIpc) is 2.30. The van der Waals surface area contributed by atoms with Crippen LogP contribution in [-0.4, -0.2) is 0 Å². The van der Waals surface area contributed by atoms with Crippen LogP contribution >= 0.6 is 22.6 Å². The van der Waals surface area contributed by atoms with Gasteiger partial charge in [-0.05, 0) is 71.8 Å². The lowest BCUT2D eigenvalue weighted by Gasteiger charge is -2.12. The van der Waals surface area contributed by atoms with Crippen LogP contribution in [0.1, 0.15) is 11.1 Å². The molecule has 0 aliphatic rings. The molecule has 2 rings (SSSR count). The summed E-state index contributed by atoms with van der Waals surface area (Å²) < 4.78 is 1.26. The third kappa shape index (κ3) is 2.72. The van der Waals surface area contributed by atoms with Gasteiger partial charge in [0.2, 0.25) is 0 Å². The van der Waals surface area contributed by atoms with Crippen LogP contribution in [0.3, 0.4) is 0 Å². The zero-order valence-electron chi connectivity index (χ0n) is 9.92. The summed E-state index contributed by atoms with van der Waals surface area (Å²) in [6, 6.07) is 12.3. The molecule has 17 heavy (non-hydrogen) atoms. The minimum Gasteiger partial charge on any atom is -0.398 e. The van der Waals surface area contributed by atoms with Crippen LogP contribution in [0.25, 0.3) is 0 Å². The molecule has 0 saturated carbocycles. The number of anilines is 3. The van der Waals surface area contributed by atoms with Crippen molar-refractivity contribution in [2.75, 3.05) is 11.1 Å². The maximum atomic E-state index is 5.90. The molecular weight excluding hydrogens is 323 g/mol. The summed E-state index contributed by atoms with van der Waals surface area (Å²) in [5.41, 5.74) is 11.2. The molecule has 0 atom stereocenters. The summed E-state index contributed by atoms with van der Waals surface area (Å²) in [5, 5.41) is 3.40. The van der Waals surface area contributed by atoms with Crippen molar-refractivity contribution in [1.82, 2.24) is 0 Å². The Morgan fingerprint density at radius 3 is 2.59 bits per heavy atom. The number of nitrogen functional groups attached to an aromatic ring is 1. The van der Waals surface area contributed by atoms with Gasteiger partial charge in [0.25, 0.3) is 0 Å². The highest BCUT2D eigenvalue weighted by Gasteiger charge is 2.02. The summed E-state index contributed by atoms with van der Waals surface area (Å²) in [4.78, 5) is 0. The van der Waals surface area contributed by atoms with Gasteiger partial charge in [-0.25, -0.2) is 0 Å². The fourth-order valence-electron chi connectivity index (χ4n) is 1.62. The maximum Gasteiger partial charge on any atom is 0.0424 e. The second-order valence-electron chi connectivity index (χ2n) is 4.11. The van der Waals surface area contributed by atoms with E-state index < -0.39 is 0 Å². The Bertz CT molecular complexity index is 550. The van der Waals surface area contributed by atoms with E-state index in [0.29, 0.717) is 0 Å². The van der Waals surface area contributed by atoms with Gasteiger partial charge < -0.3 is 11.1 Å². The molecule has 2 aromatic rings. The van der Waals surface area contributed by atoms with E-state index in [0.717, 1.165) is 22.6 Å². The third-order valence-electron chi connectivity index (χ3n) is 2.83. The van der Waals surface area contributed by atoms with E-state index in [2.05, 4.69) is 53.0 Å². The number of rotatable bonds is 2. The van der Waals surface area contributed by atoms with Crippen molar-refractivity contribution in [3.8, 4) is 0 Å². The minimum atomic E-state index is 0.818. The second kappa shape index (κ2) is 4.96. The number of hydrogen-bond donors (Lipinski definition) is 2. The molecule has 2 aromatic carbocycles. The number of nitrogens with one attached hydrogen (secondary N) is 1. The molecule has 0 bridgehead atoms. The van der Waals surface area contributed by atoms with E-state index >= 15 is 0 Å². The van der Waals surface area contributed by atoms with Gasteiger partial charge in [0, 0.05) is 20.6 Å². The van der Waals surface area contributed by atoms with E-state index in [4.69, 9.17) is 5.73 Å². The highest BCUT2D eigenvalue weighted by Crippen LogP contribution is 2.25. The molecule has 0 spiro atoms. The Hall–Kier alpha value is -1.23. The summed E-state index contributed by atoms with van der Waals surface area (Å²) in [6.45, 7) is 4.12. The summed E-state index contributed by atoms with van der Waals surface area (Å²) >= 11 is 2.34. The molecule has 0 heterocycles. The lowest BCUT2D eigenvalue weighted by atomic mass is 10.1. The molecule has 3 N–H and O–H groups in total. The summed E-state index contributed by atoms with van der Waals surface area (Å²) in [5.74, 6) is 0. The quantitative estimate of drug-likeness (QED) is 0.635. The standard InChI is InChI=1S/C14H15IN2/c1-9-6-7-11(8-13(9)16)17-14-5-3-4-12(15)10(14)2/h3-8,17H,16H2,1-2H3. The average molecular weight is 338 g/mol. The molecule has 0 aliphatic heterocycles. The third-order valence-corrected chi connectivity index (χ3v) is 3.99. The molecule has 0 aliphatic carbocycles. The predicted molar refractivity (Wildman–Crippen MR) is 82.8 cm³/mol. The van der Waals surface area contributed by atoms with Crippen molar-refractivity contribution in [3.63, 3.8) is 0 Å². The molecule has 0 unspecified atom stereocenters. The monoisotopic (exact) mass is 338 g/mol. The highest BCUT2D eigenvalue weighted by atomic mass is 127. The second-order valence-corrected chi connectivity index (χ2v) is 5.27. The van der Waals surface area contributed by atoms with Crippen LogP contribution < -0.4 is 11.1 Å². The van der Waals surface area contributed by atoms with Crippen LogP contribution in [-0.2, 0) is 0 Å². The molecule has 0 aromatic heterocycles. The predicted octanol–water partition coefficient (Wildman–Crippen LogP) is 4.23. The fourth-order valence-corrected chi connectivity index (χ4v) is 2.11. The Kier molecular flexibility index (Phi) is 3.57. The molecular formula is C14H15IN2. The first-order chi connectivity index (χ1) is 8.08. The van der Waals surface area contributed by atoms with Crippen molar-refractivity contribution < 1.29 is 0 Å². The molecule has 0 saturated heterocycles. The molecule has 2 nitrogen and oxygen atoms in total. The summed E-state index contributed by atoms with van der Waals surface area (Å²) in [6.07, 6.45) is 0. The van der Waals surface area contributed by atoms with Crippen molar-refractivity contribution >= 4 is 39.7 Å². The summed E-state index contributed by atoms with van der Waals surface area (Å²) in [7, 11) is 0. The normalized spacial score (nSPS) is 10.3. The van der Waals surface area contributed by atoms with E-state index in [-0.39, 0.29) is 0 Å². The van der Waals surface area contributed by atoms with Crippen LogP contribution in [0, 0.1) is 17.4 Å². The van der Waals surface area contributed by atoms with Crippen LogP contribution in [0.4, 0.5) is 17.1 Å². The van der Waals surface area contributed by atoms with Gasteiger partial charge in [-0.2, -0.15) is 0 Å². The zero-order valence-corrected chi connectivity index (χ0v) is 12.1. The lowest BCUT2D eigenvalue weighted by molar-refractivity contribution is 1.39. The van der Waals surface area contributed by atoms with Crippen LogP contribution in [0.5, 0.6) is 0 Å². The maximum absolute atomic E-state index is 5.90. The number of hydrogen-bond acceptors (Lipinski definition) is 2. The minimum absolute atomic E-state index is 0.818. The zero-order chi connectivity index (χ0) is 12.4. The Morgan fingerprint density at radius 2 is 1.88 bits per heavy atom. The first-order valence-electron chi connectivity index (χ1n) is 5.46. The largest absolute Gasteiger partial charge is 0.398 e. The molecule has 0 fully saturated rings. The highest BCUT2D eigenvalue weighted by molar-refractivity contribution is 14.1. The molecule has 3 heteroatoms. The van der Waals surface area contributed by atoms with Gasteiger partial charge in [-0.3, -0.25) is 0 Å². The van der Waals surface area contributed by atoms with E-state index in [1.807, 2.05) is 25.1 Å². The first kappa shape index (κ1) is 12.2. The number of halogens is 1. The van der Waals surface area contributed by atoms with Gasteiger partial charge in [0.15, 0.2) is 0 Å². The van der Waals surface area contributed by atoms with E-state index in [9.17, 15) is 0 Å². The molecule has 0 amide bonds. The topological polar surface area (TPSA) is 38.0 Å². The Balaban J connectivity index is 2.31. The SMILES string of the molecule is Cc1ccc(Nc2cccc(I)c2C)cc1N. The smallest absolute Gasteiger partial charge is 0.0424 e. The van der Waals surface area contributed by atoms with Crippen LogP contribution in [0.15, 0.2) is 36.4 Å². The molecule has 0 radical (unpaired) electrons. The Labute approximate surface area is 115 Å². The Morgan fingerprint density at radius 1 is 1.12 bits per heavy atom. The van der Waals surface area contributed by atoms with Gasteiger partial charge in [-0.15, -0.1) is 0 Å². The first-order valence-corrected chi connectivity index (χ1v) is 6.54. The van der Waals surface area contributed by atoms with Crippen LogP contribution in [0.2, 0.25) is 0 Å². The van der Waals surface area contributed by atoms with Crippen molar-refractivity contribution in [2.24, 2.45) is 0 Å². The number of aryl methyl sites for hydroxylation is 1. The van der Waals surface area contributed by atoms with Crippen molar-refractivity contribution in [2.45, 2.75) is 13.8 Å². The number of nitrogens with two attached hydrogens (primary N) is 1. The van der Waals surface area contributed by atoms with Gasteiger partial charge >= 0.3 is 0 Å². The van der Waals surface area contributed by atoms with Crippen molar-refractivity contribution in [1.29, 1.82) is 0 Å².